The van der Waals surface area contributed by atoms with Crippen LogP contribution in [0.1, 0.15) is 53.4 Å². The summed E-state index contributed by atoms with van der Waals surface area (Å²) in [4.78, 5) is 0. The summed E-state index contributed by atoms with van der Waals surface area (Å²) in [6.07, 6.45) is 7.78. The Morgan fingerprint density at radius 3 is 2.27 bits per heavy atom. The predicted octanol–water partition coefficient (Wildman–Crippen LogP) is 4.06. The van der Waals surface area contributed by atoms with Gasteiger partial charge in [-0.1, -0.05) is 47.0 Å². The molecule has 0 aromatic heterocycles. The molecule has 67 valence electrons. The van der Waals surface area contributed by atoms with Crippen LogP contribution in [0.2, 0.25) is 0 Å². The van der Waals surface area contributed by atoms with Crippen molar-refractivity contribution in [3.8, 4) is 0 Å². The second kappa shape index (κ2) is 6.69. The van der Waals surface area contributed by atoms with Crippen molar-refractivity contribution < 1.29 is 0 Å². The van der Waals surface area contributed by atoms with Gasteiger partial charge in [0.2, 0.25) is 0 Å². The second-order valence-electron chi connectivity index (χ2n) is 3.75. The molecule has 0 heteroatoms. The van der Waals surface area contributed by atoms with E-state index in [0.29, 0.717) is 0 Å². The first kappa shape index (κ1) is 11.0. The maximum atomic E-state index is 2.47. The molecule has 0 aliphatic heterocycles. The molecule has 0 bridgehead atoms. The fourth-order valence-corrected chi connectivity index (χ4v) is 1.24. The van der Waals surface area contributed by atoms with E-state index < -0.39 is 0 Å². The van der Waals surface area contributed by atoms with Crippen molar-refractivity contribution in [1.82, 2.24) is 0 Å². The molecule has 0 saturated carbocycles. The Morgan fingerprint density at radius 1 is 1.18 bits per heavy atom. The molecule has 0 aliphatic rings. The minimum atomic E-state index is 0.814. The summed E-state index contributed by atoms with van der Waals surface area (Å²) in [5.74, 6) is 1.71. The van der Waals surface area contributed by atoms with Crippen LogP contribution in [0.4, 0.5) is 0 Å². The molecule has 0 nitrogen and oxygen atoms in total. The van der Waals surface area contributed by atoms with Crippen LogP contribution >= 0.6 is 0 Å². The molecule has 11 heavy (non-hydrogen) atoms. The minimum absolute atomic E-state index is 0.814. The summed E-state index contributed by atoms with van der Waals surface area (Å²) < 4.78 is 0. The van der Waals surface area contributed by atoms with E-state index in [2.05, 4.69) is 34.1 Å². The molecular formula is C11H23. The molecule has 2 atom stereocenters. The molecular weight excluding hydrogens is 132 g/mol. The smallest absolute Gasteiger partial charge is 0.0355 e. The van der Waals surface area contributed by atoms with Crippen LogP contribution in [-0.2, 0) is 0 Å². The van der Waals surface area contributed by atoms with Gasteiger partial charge < -0.3 is 0 Å². The SMILES string of the molecule is CCCC(C)C[CH]C(C)CC. The number of hydrogen-bond acceptors (Lipinski definition) is 0. The average molecular weight is 155 g/mol. The normalized spacial score (nSPS) is 16.4. The Bertz CT molecular complexity index is 76.1. The fourth-order valence-electron chi connectivity index (χ4n) is 1.24. The Hall–Kier alpha value is 0. The summed E-state index contributed by atoms with van der Waals surface area (Å²) in [5, 5.41) is 0. The summed E-state index contributed by atoms with van der Waals surface area (Å²) in [5.41, 5.74) is 0. The van der Waals surface area contributed by atoms with Gasteiger partial charge in [-0.3, -0.25) is 0 Å². The van der Waals surface area contributed by atoms with Gasteiger partial charge in [-0.05, 0) is 24.7 Å². The summed E-state index contributed by atoms with van der Waals surface area (Å²) >= 11 is 0. The number of hydrogen-bond donors (Lipinski definition) is 0. The van der Waals surface area contributed by atoms with Crippen molar-refractivity contribution in [2.45, 2.75) is 53.4 Å². The summed E-state index contributed by atoms with van der Waals surface area (Å²) in [6, 6.07) is 0. The molecule has 0 rings (SSSR count). The molecule has 0 aliphatic carbocycles. The van der Waals surface area contributed by atoms with E-state index in [-0.39, 0.29) is 0 Å². The van der Waals surface area contributed by atoms with Gasteiger partial charge in [-0.25, -0.2) is 0 Å². The Kier molecular flexibility index (Phi) is 6.69. The van der Waals surface area contributed by atoms with Crippen molar-refractivity contribution >= 4 is 0 Å². The molecule has 0 N–H and O–H groups in total. The molecule has 2 unspecified atom stereocenters. The minimum Gasteiger partial charge on any atom is -0.0654 e. The Morgan fingerprint density at radius 2 is 1.82 bits per heavy atom. The first-order valence-corrected chi connectivity index (χ1v) is 5.04. The first-order chi connectivity index (χ1) is 5.20. The Balaban J connectivity index is 3.22. The fraction of sp³-hybridized carbons (Fsp3) is 0.909. The molecule has 0 heterocycles. The molecule has 1 radical (unpaired) electrons. The zero-order chi connectivity index (χ0) is 8.69. The van der Waals surface area contributed by atoms with Gasteiger partial charge >= 0.3 is 0 Å². The van der Waals surface area contributed by atoms with Crippen LogP contribution in [0, 0.1) is 18.3 Å². The van der Waals surface area contributed by atoms with E-state index in [1.54, 1.807) is 0 Å². The lowest BCUT2D eigenvalue weighted by molar-refractivity contribution is 0.480. The van der Waals surface area contributed by atoms with Crippen molar-refractivity contribution in [2.24, 2.45) is 11.8 Å². The lowest BCUT2D eigenvalue weighted by Gasteiger charge is -2.12. The van der Waals surface area contributed by atoms with Gasteiger partial charge in [0.25, 0.3) is 0 Å². The van der Waals surface area contributed by atoms with Gasteiger partial charge in [-0.2, -0.15) is 0 Å². The molecule has 0 aromatic carbocycles. The van der Waals surface area contributed by atoms with E-state index in [4.69, 9.17) is 0 Å². The van der Waals surface area contributed by atoms with Gasteiger partial charge in [0.1, 0.15) is 0 Å². The third-order valence-corrected chi connectivity index (χ3v) is 2.37. The maximum Gasteiger partial charge on any atom is -0.0355 e. The van der Waals surface area contributed by atoms with Crippen molar-refractivity contribution in [3.05, 3.63) is 6.42 Å². The standard InChI is InChI=1S/C11H23/c1-5-7-11(4)9-8-10(3)6-2/h8,10-11H,5-7,9H2,1-4H3. The third-order valence-electron chi connectivity index (χ3n) is 2.37. The largest absolute Gasteiger partial charge is 0.0654 e. The highest BCUT2D eigenvalue weighted by Crippen LogP contribution is 2.16. The molecule has 0 aromatic rings. The zero-order valence-electron chi connectivity index (χ0n) is 8.56. The number of rotatable bonds is 6. The molecule has 0 amide bonds. The molecule has 0 spiro atoms. The van der Waals surface area contributed by atoms with E-state index >= 15 is 0 Å². The second-order valence-corrected chi connectivity index (χ2v) is 3.75. The van der Waals surface area contributed by atoms with E-state index in [0.717, 1.165) is 11.8 Å². The highest BCUT2D eigenvalue weighted by atomic mass is 14.1. The van der Waals surface area contributed by atoms with Crippen molar-refractivity contribution in [1.29, 1.82) is 0 Å². The van der Waals surface area contributed by atoms with Crippen molar-refractivity contribution in [2.75, 3.05) is 0 Å². The van der Waals surface area contributed by atoms with Crippen LogP contribution in [0.5, 0.6) is 0 Å². The van der Waals surface area contributed by atoms with Crippen LogP contribution in [0.25, 0.3) is 0 Å². The monoisotopic (exact) mass is 155 g/mol. The lowest BCUT2D eigenvalue weighted by Crippen LogP contribution is -1.99. The molecule has 0 saturated heterocycles. The van der Waals surface area contributed by atoms with Crippen LogP contribution < -0.4 is 0 Å². The van der Waals surface area contributed by atoms with E-state index in [9.17, 15) is 0 Å². The highest BCUT2D eigenvalue weighted by molar-refractivity contribution is 4.73. The van der Waals surface area contributed by atoms with Crippen LogP contribution in [-0.4, -0.2) is 0 Å². The lowest BCUT2D eigenvalue weighted by atomic mass is 9.94. The van der Waals surface area contributed by atoms with Gasteiger partial charge in [0, 0.05) is 0 Å². The van der Waals surface area contributed by atoms with E-state index in [1.165, 1.54) is 25.7 Å². The van der Waals surface area contributed by atoms with Gasteiger partial charge in [0.05, 0.1) is 0 Å². The summed E-state index contributed by atoms with van der Waals surface area (Å²) in [6.45, 7) is 9.17. The maximum absolute atomic E-state index is 2.47. The topological polar surface area (TPSA) is 0 Å². The highest BCUT2D eigenvalue weighted by Gasteiger charge is 2.03. The average Bonchev–Trinajstić information content (AvgIpc) is 2.01. The van der Waals surface area contributed by atoms with Crippen LogP contribution in [0.15, 0.2) is 0 Å². The summed E-state index contributed by atoms with van der Waals surface area (Å²) in [7, 11) is 0. The van der Waals surface area contributed by atoms with Gasteiger partial charge in [0.15, 0.2) is 0 Å². The third kappa shape index (κ3) is 6.40. The van der Waals surface area contributed by atoms with E-state index in [1.807, 2.05) is 0 Å². The predicted molar refractivity (Wildman–Crippen MR) is 52.4 cm³/mol. The first-order valence-electron chi connectivity index (χ1n) is 5.04. The van der Waals surface area contributed by atoms with Crippen LogP contribution in [0.3, 0.4) is 0 Å². The van der Waals surface area contributed by atoms with Gasteiger partial charge in [-0.15, -0.1) is 0 Å². The quantitative estimate of drug-likeness (QED) is 0.542. The van der Waals surface area contributed by atoms with Crippen molar-refractivity contribution in [3.63, 3.8) is 0 Å². The molecule has 0 fully saturated rings. The zero-order valence-corrected chi connectivity index (χ0v) is 8.56. The Labute approximate surface area is 72.4 Å².